The maximum atomic E-state index is 10.5. The lowest BCUT2D eigenvalue weighted by Gasteiger charge is -2.05. The van der Waals surface area contributed by atoms with Gasteiger partial charge in [0.15, 0.2) is 11.6 Å². The number of hydrogen-bond donors (Lipinski definition) is 2. The molecule has 6 heteroatoms. The van der Waals surface area contributed by atoms with Gasteiger partial charge < -0.3 is 5.11 Å². The van der Waals surface area contributed by atoms with Gasteiger partial charge in [0, 0.05) is 17.8 Å². The molecule has 0 spiro atoms. The van der Waals surface area contributed by atoms with E-state index >= 15 is 0 Å². The number of fused-ring (bicyclic) bond motifs is 1. The molecule has 0 radical (unpaired) electrons. The van der Waals surface area contributed by atoms with E-state index in [2.05, 4.69) is 20.3 Å². The highest BCUT2D eigenvalue weighted by atomic mass is 16.3. The van der Waals surface area contributed by atoms with E-state index in [4.69, 9.17) is 0 Å². The quantitative estimate of drug-likeness (QED) is 0.775. The van der Waals surface area contributed by atoms with Gasteiger partial charge in [0.2, 0.25) is 0 Å². The first-order valence-electron chi connectivity index (χ1n) is 8.02. The summed E-state index contributed by atoms with van der Waals surface area (Å²) < 4.78 is 1.82. The molecular weight excluding hydrogens is 290 g/mol. The number of aromatic nitrogens is 5. The Hall–Kier alpha value is -2.47. The molecule has 2 heterocycles. The highest BCUT2D eigenvalue weighted by Gasteiger charge is 2.25. The molecule has 0 fully saturated rings. The molecule has 0 amide bonds. The second kappa shape index (κ2) is 5.62. The van der Waals surface area contributed by atoms with Crippen molar-refractivity contribution in [1.82, 2.24) is 25.0 Å². The SMILES string of the molecule is CCn1nc(C(O)c2ccccc2)nc1-c1n[nH]c2c1CCC2. The lowest BCUT2D eigenvalue weighted by atomic mass is 10.1. The van der Waals surface area contributed by atoms with Crippen molar-refractivity contribution < 1.29 is 5.11 Å². The third-order valence-electron chi connectivity index (χ3n) is 4.37. The van der Waals surface area contributed by atoms with Gasteiger partial charge in [0.05, 0.1) is 0 Å². The number of nitrogens with zero attached hydrogens (tertiary/aromatic N) is 4. The highest BCUT2D eigenvalue weighted by molar-refractivity contribution is 5.58. The molecule has 118 valence electrons. The molecular formula is C17H19N5O. The van der Waals surface area contributed by atoms with Gasteiger partial charge in [-0.25, -0.2) is 9.67 Å². The van der Waals surface area contributed by atoms with E-state index in [0.717, 1.165) is 36.3 Å². The molecule has 4 rings (SSSR count). The van der Waals surface area contributed by atoms with Crippen LogP contribution in [0.4, 0.5) is 0 Å². The van der Waals surface area contributed by atoms with E-state index in [1.165, 1.54) is 11.3 Å². The summed E-state index contributed by atoms with van der Waals surface area (Å²) in [5, 5.41) is 22.6. The largest absolute Gasteiger partial charge is 0.380 e. The average Bonchev–Trinajstić information content (AvgIpc) is 3.29. The second-order valence-corrected chi connectivity index (χ2v) is 5.81. The summed E-state index contributed by atoms with van der Waals surface area (Å²) in [6.45, 7) is 2.70. The number of aliphatic hydroxyl groups is 1. The third kappa shape index (κ3) is 2.35. The zero-order valence-electron chi connectivity index (χ0n) is 13.0. The molecule has 23 heavy (non-hydrogen) atoms. The lowest BCUT2D eigenvalue weighted by molar-refractivity contribution is 0.209. The topological polar surface area (TPSA) is 79.6 Å². The minimum absolute atomic E-state index is 0.419. The van der Waals surface area contributed by atoms with Gasteiger partial charge in [-0.1, -0.05) is 30.3 Å². The van der Waals surface area contributed by atoms with Crippen LogP contribution in [0.15, 0.2) is 30.3 Å². The highest BCUT2D eigenvalue weighted by Crippen LogP contribution is 2.30. The Balaban J connectivity index is 1.75. The van der Waals surface area contributed by atoms with Crippen LogP contribution in [-0.2, 0) is 19.4 Å². The molecule has 0 aliphatic heterocycles. The van der Waals surface area contributed by atoms with Gasteiger partial charge in [-0.15, -0.1) is 0 Å². The Morgan fingerprint density at radius 1 is 1.26 bits per heavy atom. The monoisotopic (exact) mass is 309 g/mol. The number of benzene rings is 1. The number of aromatic amines is 1. The first kappa shape index (κ1) is 14.1. The number of aliphatic hydroxyl groups excluding tert-OH is 1. The molecule has 1 aliphatic carbocycles. The van der Waals surface area contributed by atoms with Gasteiger partial charge >= 0.3 is 0 Å². The predicted octanol–water partition coefficient (Wildman–Crippen LogP) is 2.26. The Morgan fingerprint density at radius 3 is 2.87 bits per heavy atom. The predicted molar refractivity (Wildman–Crippen MR) is 85.8 cm³/mol. The van der Waals surface area contributed by atoms with E-state index in [-0.39, 0.29) is 0 Å². The summed E-state index contributed by atoms with van der Waals surface area (Å²) >= 11 is 0. The van der Waals surface area contributed by atoms with Crippen LogP contribution in [0, 0.1) is 0 Å². The summed E-state index contributed by atoms with van der Waals surface area (Å²) in [5.74, 6) is 1.15. The van der Waals surface area contributed by atoms with Crippen molar-refractivity contribution in [3.8, 4) is 11.5 Å². The molecule has 6 nitrogen and oxygen atoms in total. The van der Waals surface area contributed by atoms with Crippen molar-refractivity contribution in [1.29, 1.82) is 0 Å². The van der Waals surface area contributed by atoms with Gasteiger partial charge in [0.25, 0.3) is 0 Å². The number of H-pyrrole nitrogens is 1. The summed E-state index contributed by atoms with van der Waals surface area (Å²) in [7, 11) is 0. The van der Waals surface area contributed by atoms with Gasteiger partial charge in [-0.2, -0.15) is 10.2 Å². The van der Waals surface area contributed by atoms with Gasteiger partial charge in [-0.05, 0) is 31.7 Å². The van der Waals surface area contributed by atoms with Crippen molar-refractivity contribution in [3.63, 3.8) is 0 Å². The van der Waals surface area contributed by atoms with E-state index in [0.29, 0.717) is 12.4 Å². The van der Waals surface area contributed by atoms with Crippen molar-refractivity contribution in [2.45, 2.75) is 38.8 Å². The van der Waals surface area contributed by atoms with Crippen molar-refractivity contribution >= 4 is 0 Å². The molecule has 0 saturated heterocycles. The van der Waals surface area contributed by atoms with Crippen LogP contribution in [0.1, 0.15) is 42.1 Å². The molecule has 1 atom stereocenters. The first-order chi connectivity index (χ1) is 11.3. The van der Waals surface area contributed by atoms with Gasteiger partial charge in [0.1, 0.15) is 11.8 Å². The molecule has 0 bridgehead atoms. The van der Waals surface area contributed by atoms with Crippen LogP contribution >= 0.6 is 0 Å². The summed E-state index contributed by atoms with van der Waals surface area (Å²) in [4.78, 5) is 4.60. The van der Waals surface area contributed by atoms with Crippen molar-refractivity contribution in [3.05, 3.63) is 53.0 Å². The van der Waals surface area contributed by atoms with E-state index < -0.39 is 6.10 Å². The zero-order valence-corrected chi connectivity index (χ0v) is 13.0. The number of aryl methyl sites for hydroxylation is 2. The smallest absolute Gasteiger partial charge is 0.184 e. The first-order valence-corrected chi connectivity index (χ1v) is 8.02. The maximum absolute atomic E-state index is 10.5. The average molecular weight is 309 g/mol. The van der Waals surface area contributed by atoms with Crippen molar-refractivity contribution in [2.75, 3.05) is 0 Å². The molecule has 2 aromatic heterocycles. The van der Waals surface area contributed by atoms with Crippen LogP contribution in [0.5, 0.6) is 0 Å². The fourth-order valence-corrected chi connectivity index (χ4v) is 3.16. The Bertz CT molecular complexity index is 821. The summed E-state index contributed by atoms with van der Waals surface area (Å²) in [6, 6.07) is 9.48. The molecule has 0 saturated carbocycles. The van der Waals surface area contributed by atoms with Crippen LogP contribution in [0.2, 0.25) is 0 Å². The fraction of sp³-hybridized carbons (Fsp3) is 0.353. The Kier molecular flexibility index (Phi) is 3.46. The Labute approximate surface area is 134 Å². The van der Waals surface area contributed by atoms with Crippen LogP contribution in [0.25, 0.3) is 11.5 Å². The molecule has 3 aromatic rings. The molecule has 2 N–H and O–H groups in total. The number of nitrogens with one attached hydrogen (secondary N) is 1. The minimum Gasteiger partial charge on any atom is -0.380 e. The lowest BCUT2D eigenvalue weighted by Crippen LogP contribution is -2.04. The maximum Gasteiger partial charge on any atom is 0.184 e. The van der Waals surface area contributed by atoms with Gasteiger partial charge in [-0.3, -0.25) is 5.10 Å². The second-order valence-electron chi connectivity index (χ2n) is 5.81. The summed E-state index contributed by atoms with van der Waals surface area (Å²) in [6.07, 6.45) is 2.39. The molecule has 1 aliphatic rings. The van der Waals surface area contributed by atoms with Crippen molar-refractivity contribution in [2.24, 2.45) is 0 Å². The third-order valence-corrected chi connectivity index (χ3v) is 4.37. The van der Waals surface area contributed by atoms with E-state index in [9.17, 15) is 5.11 Å². The molecule has 1 unspecified atom stereocenters. The van der Waals surface area contributed by atoms with Crippen LogP contribution in [-0.4, -0.2) is 30.1 Å². The Morgan fingerprint density at radius 2 is 2.09 bits per heavy atom. The van der Waals surface area contributed by atoms with Crippen LogP contribution in [0.3, 0.4) is 0 Å². The molecule has 1 aromatic carbocycles. The normalized spacial score (nSPS) is 14.9. The van der Waals surface area contributed by atoms with Crippen LogP contribution < -0.4 is 0 Å². The zero-order chi connectivity index (χ0) is 15.8. The minimum atomic E-state index is -0.824. The number of rotatable bonds is 4. The summed E-state index contributed by atoms with van der Waals surface area (Å²) in [5.41, 5.74) is 4.11. The van der Waals surface area contributed by atoms with E-state index in [1.54, 1.807) is 0 Å². The number of hydrogen-bond acceptors (Lipinski definition) is 4. The van der Waals surface area contributed by atoms with E-state index in [1.807, 2.05) is 41.9 Å². The fourth-order valence-electron chi connectivity index (χ4n) is 3.16. The standard InChI is InChI=1S/C17H19N5O/c1-2-22-17(14-12-9-6-10-13(12)19-20-14)18-16(21-22)15(23)11-7-4-3-5-8-11/h3-5,7-8,15,23H,2,6,9-10H2,1H3,(H,19,20).